The number of halogens is 2. The molecule has 2 N–H and O–H groups in total. The van der Waals surface area contributed by atoms with Crippen LogP contribution in [0, 0.1) is 41.2 Å². The molecule has 1 aromatic rings. The molecule has 20 heavy (non-hydrogen) atoms. The van der Waals surface area contributed by atoms with Gasteiger partial charge in [0.2, 0.25) is 0 Å². The monoisotopic (exact) mass is 277 g/mol. The molecule has 0 amide bonds. The van der Waals surface area contributed by atoms with Gasteiger partial charge >= 0.3 is 0 Å². The summed E-state index contributed by atoms with van der Waals surface area (Å²) in [7, 11) is 0. The highest BCUT2D eigenvalue weighted by Crippen LogP contribution is 2.59. The third-order valence-corrected chi connectivity index (χ3v) is 6.05. The predicted molar refractivity (Wildman–Crippen MR) is 73.8 cm³/mol. The number of benzene rings is 1. The number of nitrogens with two attached hydrogens (primary N) is 1. The highest BCUT2D eigenvalue weighted by molar-refractivity contribution is 5.24. The van der Waals surface area contributed by atoms with Crippen molar-refractivity contribution in [3.05, 3.63) is 35.4 Å². The second-order valence-corrected chi connectivity index (χ2v) is 7.18. The Morgan fingerprint density at radius 2 is 1.55 bits per heavy atom. The molecule has 4 bridgehead atoms. The van der Waals surface area contributed by atoms with Gasteiger partial charge in [0.15, 0.2) is 11.6 Å². The molecule has 5 rings (SSSR count). The van der Waals surface area contributed by atoms with Gasteiger partial charge in [-0.2, -0.15) is 0 Å². The van der Waals surface area contributed by atoms with E-state index in [9.17, 15) is 8.78 Å². The second-order valence-electron chi connectivity index (χ2n) is 7.18. The van der Waals surface area contributed by atoms with Gasteiger partial charge in [-0.3, -0.25) is 0 Å². The zero-order valence-electron chi connectivity index (χ0n) is 11.6. The first kappa shape index (κ1) is 12.8. The largest absolute Gasteiger partial charge is 0.324 e. The average Bonchev–Trinajstić information content (AvgIpc) is 2.40. The van der Waals surface area contributed by atoms with Crippen LogP contribution in [0.15, 0.2) is 18.2 Å². The SMILES string of the molecule is NC(c1cccc(F)c1F)C1C2CC3CC(C2)CC1C3. The fraction of sp³-hybridized carbons (Fsp3) is 0.647. The predicted octanol–water partition coefficient (Wildman–Crippen LogP) is 4.04. The van der Waals surface area contributed by atoms with Crippen LogP contribution in [0.4, 0.5) is 8.78 Å². The molecule has 1 aromatic carbocycles. The molecule has 108 valence electrons. The van der Waals surface area contributed by atoms with E-state index in [1.807, 2.05) is 0 Å². The zero-order chi connectivity index (χ0) is 13.9. The molecule has 4 saturated carbocycles. The Morgan fingerprint density at radius 1 is 0.950 bits per heavy atom. The van der Waals surface area contributed by atoms with Gasteiger partial charge in [0.25, 0.3) is 0 Å². The number of rotatable bonds is 2. The van der Waals surface area contributed by atoms with Crippen molar-refractivity contribution in [1.82, 2.24) is 0 Å². The fourth-order valence-corrected chi connectivity index (χ4v) is 5.54. The van der Waals surface area contributed by atoms with Crippen molar-refractivity contribution in [1.29, 1.82) is 0 Å². The number of hydrogen-bond donors (Lipinski definition) is 1. The lowest BCUT2D eigenvalue weighted by atomic mass is 9.50. The van der Waals surface area contributed by atoms with Crippen molar-refractivity contribution in [2.24, 2.45) is 35.3 Å². The second kappa shape index (κ2) is 4.52. The molecule has 1 unspecified atom stereocenters. The van der Waals surface area contributed by atoms with E-state index >= 15 is 0 Å². The Morgan fingerprint density at radius 3 is 2.15 bits per heavy atom. The lowest BCUT2D eigenvalue weighted by Crippen LogP contribution is -2.48. The van der Waals surface area contributed by atoms with Gasteiger partial charge in [-0.25, -0.2) is 8.78 Å². The highest BCUT2D eigenvalue weighted by atomic mass is 19.2. The fourth-order valence-electron chi connectivity index (χ4n) is 5.54. The first-order chi connectivity index (χ1) is 9.63. The van der Waals surface area contributed by atoms with Gasteiger partial charge in [0.05, 0.1) is 0 Å². The maximum atomic E-state index is 14.0. The standard InChI is InChI=1S/C17H21F2N/c18-14-3-1-2-13(16(14)19)17(20)15-11-5-9-4-10(7-11)8-12(15)6-9/h1-3,9-12,15,17H,4-8,20H2. The summed E-state index contributed by atoms with van der Waals surface area (Å²) in [6.45, 7) is 0. The molecule has 1 nitrogen and oxygen atoms in total. The van der Waals surface area contributed by atoms with Gasteiger partial charge < -0.3 is 5.73 Å². The van der Waals surface area contributed by atoms with E-state index < -0.39 is 11.6 Å². The summed E-state index contributed by atoms with van der Waals surface area (Å²) in [6, 6.07) is 4.06. The maximum absolute atomic E-state index is 14.0. The molecule has 0 aromatic heterocycles. The smallest absolute Gasteiger partial charge is 0.163 e. The summed E-state index contributed by atoms with van der Waals surface area (Å²) in [6.07, 6.45) is 6.40. The quantitative estimate of drug-likeness (QED) is 0.867. The molecular formula is C17H21F2N. The Bertz CT molecular complexity index is 500. The van der Waals surface area contributed by atoms with E-state index in [1.54, 1.807) is 12.1 Å². The molecule has 0 spiro atoms. The van der Waals surface area contributed by atoms with Crippen molar-refractivity contribution >= 4 is 0 Å². The van der Waals surface area contributed by atoms with Crippen LogP contribution in [0.3, 0.4) is 0 Å². The third-order valence-electron chi connectivity index (χ3n) is 6.05. The van der Waals surface area contributed by atoms with Crippen LogP contribution < -0.4 is 5.73 Å². The summed E-state index contributed by atoms with van der Waals surface area (Å²) in [5, 5.41) is 0. The van der Waals surface area contributed by atoms with E-state index in [0.29, 0.717) is 23.3 Å². The Labute approximate surface area is 118 Å². The zero-order valence-corrected chi connectivity index (χ0v) is 11.6. The topological polar surface area (TPSA) is 26.0 Å². The maximum Gasteiger partial charge on any atom is 0.163 e. The third kappa shape index (κ3) is 1.82. The van der Waals surface area contributed by atoms with Gasteiger partial charge in [-0.15, -0.1) is 0 Å². The minimum Gasteiger partial charge on any atom is -0.324 e. The van der Waals surface area contributed by atoms with Crippen LogP contribution in [0.2, 0.25) is 0 Å². The molecular weight excluding hydrogens is 256 g/mol. The van der Waals surface area contributed by atoms with E-state index in [4.69, 9.17) is 5.73 Å². The molecule has 4 aliphatic carbocycles. The summed E-state index contributed by atoms with van der Waals surface area (Å²) in [5.74, 6) is 1.83. The normalized spacial score (nSPS) is 40.0. The van der Waals surface area contributed by atoms with Crippen LogP contribution >= 0.6 is 0 Å². The van der Waals surface area contributed by atoms with E-state index in [0.717, 1.165) is 11.8 Å². The lowest BCUT2D eigenvalue weighted by molar-refractivity contribution is -0.0476. The van der Waals surface area contributed by atoms with Gasteiger partial charge in [-0.1, -0.05) is 12.1 Å². The first-order valence-electron chi connectivity index (χ1n) is 7.83. The number of hydrogen-bond acceptors (Lipinski definition) is 1. The van der Waals surface area contributed by atoms with Crippen molar-refractivity contribution < 1.29 is 8.78 Å². The molecule has 0 radical (unpaired) electrons. The van der Waals surface area contributed by atoms with E-state index in [-0.39, 0.29) is 6.04 Å². The molecule has 4 fully saturated rings. The van der Waals surface area contributed by atoms with E-state index in [1.165, 1.54) is 38.2 Å². The minimum absolute atomic E-state index is 0.346. The summed E-state index contributed by atoms with van der Waals surface area (Å²) < 4.78 is 27.4. The minimum atomic E-state index is -0.776. The van der Waals surface area contributed by atoms with Gasteiger partial charge in [0.1, 0.15) is 0 Å². The van der Waals surface area contributed by atoms with Gasteiger partial charge in [0, 0.05) is 11.6 Å². The van der Waals surface area contributed by atoms with Crippen LogP contribution in [0.1, 0.15) is 43.7 Å². The van der Waals surface area contributed by atoms with Crippen molar-refractivity contribution in [3.63, 3.8) is 0 Å². The molecule has 3 heteroatoms. The van der Waals surface area contributed by atoms with Crippen molar-refractivity contribution in [2.45, 2.75) is 38.1 Å². The van der Waals surface area contributed by atoms with Crippen LogP contribution in [-0.4, -0.2) is 0 Å². The Kier molecular flexibility index (Phi) is 2.88. The lowest BCUT2D eigenvalue weighted by Gasteiger charge is -2.56. The summed E-state index contributed by atoms with van der Waals surface area (Å²) in [5.41, 5.74) is 6.76. The first-order valence-corrected chi connectivity index (χ1v) is 7.83. The molecule has 1 atom stereocenters. The van der Waals surface area contributed by atoms with Crippen LogP contribution in [-0.2, 0) is 0 Å². The molecule has 0 saturated heterocycles. The summed E-state index contributed by atoms with van der Waals surface area (Å²) >= 11 is 0. The molecule has 0 heterocycles. The van der Waals surface area contributed by atoms with E-state index in [2.05, 4.69) is 0 Å². The average molecular weight is 277 g/mol. The van der Waals surface area contributed by atoms with Crippen molar-refractivity contribution in [3.8, 4) is 0 Å². The highest BCUT2D eigenvalue weighted by Gasteiger charge is 2.50. The van der Waals surface area contributed by atoms with Gasteiger partial charge in [-0.05, 0) is 67.8 Å². The molecule has 4 aliphatic rings. The van der Waals surface area contributed by atoms with Crippen LogP contribution in [0.5, 0.6) is 0 Å². The summed E-state index contributed by atoms with van der Waals surface area (Å²) in [4.78, 5) is 0. The Hall–Kier alpha value is -0.960. The molecule has 0 aliphatic heterocycles. The van der Waals surface area contributed by atoms with Crippen molar-refractivity contribution in [2.75, 3.05) is 0 Å². The van der Waals surface area contributed by atoms with Crippen LogP contribution in [0.25, 0.3) is 0 Å². The Balaban J connectivity index is 1.65.